The lowest BCUT2D eigenvalue weighted by Crippen LogP contribution is -2.15. The Labute approximate surface area is 109 Å². The van der Waals surface area contributed by atoms with Gasteiger partial charge in [0.15, 0.2) is 0 Å². The molecule has 6 nitrogen and oxygen atoms in total. The molecule has 96 valence electrons. The largest absolute Gasteiger partial charge is 0.310 e. The van der Waals surface area contributed by atoms with Crippen molar-refractivity contribution in [2.45, 2.75) is 6.42 Å². The number of rotatable bonds is 4. The lowest BCUT2D eigenvalue weighted by atomic mass is 10.1. The van der Waals surface area contributed by atoms with Gasteiger partial charge in [-0.25, -0.2) is 4.98 Å². The maximum atomic E-state index is 11.7. The van der Waals surface area contributed by atoms with E-state index >= 15 is 0 Å². The first-order valence-corrected chi connectivity index (χ1v) is 5.59. The van der Waals surface area contributed by atoms with Crippen LogP contribution in [0.1, 0.15) is 5.56 Å². The third-order valence-corrected chi connectivity index (χ3v) is 2.44. The van der Waals surface area contributed by atoms with E-state index < -0.39 is 4.92 Å². The number of hydrogen-bond acceptors (Lipinski definition) is 4. The highest BCUT2D eigenvalue weighted by atomic mass is 16.6. The first-order chi connectivity index (χ1) is 9.15. The van der Waals surface area contributed by atoms with Crippen molar-refractivity contribution in [1.29, 1.82) is 0 Å². The molecule has 0 spiro atoms. The lowest BCUT2D eigenvalue weighted by Gasteiger charge is -2.03. The smallest absolute Gasteiger partial charge is 0.269 e. The molecule has 0 unspecified atom stereocenters. The molecule has 1 N–H and O–H groups in total. The van der Waals surface area contributed by atoms with Gasteiger partial charge in [0.1, 0.15) is 5.82 Å². The first-order valence-electron chi connectivity index (χ1n) is 5.59. The number of hydrogen-bond donors (Lipinski definition) is 1. The number of carbonyl (C=O) groups excluding carboxylic acids is 1. The van der Waals surface area contributed by atoms with Gasteiger partial charge in [0.25, 0.3) is 5.69 Å². The van der Waals surface area contributed by atoms with Crippen molar-refractivity contribution >= 4 is 17.4 Å². The van der Waals surface area contributed by atoms with E-state index in [4.69, 9.17) is 0 Å². The molecule has 19 heavy (non-hydrogen) atoms. The minimum absolute atomic E-state index is 0.00823. The molecule has 1 amide bonds. The number of pyridine rings is 1. The number of carbonyl (C=O) groups is 1. The zero-order valence-corrected chi connectivity index (χ0v) is 9.95. The Kier molecular flexibility index (Phi) is 3.82. The molecule has 0 aliphatic heterocycles. The van der Waals surface area contributed by atoms with E-state index in [0.717, 1.165) is 0 Å². The predicted molar refractivity (Wildman–Crippen MR) is 69.7 cm³/mol. The van der Waals surface area contributed by atoms with Crippen LogP contribution in [0.15, 0.2) is 48.7 Å². The van der Waals surface area contributed by atoms with E-state index in [-0.39, 0.29) is 18.0 Å². The summed E-state index contributed by atoms with van der Waals surface area (Å²) in [5.74, 6) is 0.266. The Balaban J connectivity index is 1.97. The highest BCUT2D eigenvalue weighted by Crippen LogP contribution is 2.12. The number of benzene rings is 1. The Bertz CT molecular complexity index is 582. The number of non-ortho nitro benzene ring substituents is 1. The first kappa shape index (κ1) is 12.7. The van der Waals surface area contributed by atoms with Gasteiger partial charge < -0.3 is 5.32 Å². The fourth-order valence-electron chi connectivity index (χ4n) is 1.54. The standard InChI is InChI=1S/C13H11N3O3/c17-13(15-12-3-1-2-8-14-12)9-10-4-6-11(7-5-10)16(18)19/h1-8H,9H2,(H,14,15,17). The van der Waals surface area contributed by atoms with Crippen LogP contribution in [0.5, 0.6) is 0 Å². The zero-order chi connectivity index (χ0) is 13.7. The van der Waals surface area contributed by atoms with Gasteiger partial charge in [0.2, 0.25) is 5.91 Å². The number of anilines is 1. The van der Waals surface area contributed by atoms with Gasteiger partial charge in [0.05, 0.1) is 11.3 Å². The molecule has 1 heterocycles. The van der Waals surface area contributed by atoms with Gasteiger partial charge in [-0.1, -0.05) is 18.2 Å². The molecule has 0 aliphatic rings. The van der Waals surface area contributed by atoms with Gasteiger partial charge in [-0.3, -0.25) is 14.9 Å². The molecule has 6 heteroatoms. The van der Waals surface area contributed by atoms with Crippen molar-refractivity contribution < 1.29 is 9.72 Å². The van der Waals surface area contributed by atoms with Crippen molar-refractivity contribution in [3.63, 3.8) is 0 Å². The monoisotopic (exact) mass is 257 g/mol. The second kappa shape index (κ2) is 5.72. The molecule has 1 aromatic carbocycles. The summed E-state index contributed by atoms with van der Waals surface area (Å²) in [5, 5.41) is 13.1. The molecular formula is C13H11N3O3. The molecule has 0 radical (unpaired) electrons. The van der Waals surface area contributed by atoms with E-state index in [1.165, 1.54) is 12.1 Å². The number of nitrogens with one attached hydrogen (secondary N) is 1. The Morgan fingerprint density at radius 2 is 1.95 bits per heavy atom. The van der Waals surface area contributed by atoms with E-state index in [1.807, 2.05) is 0 Å². The van der Waals surface area contributed by atoms with E-state index in [1.54, 1.807) is 36.5 Å². The summed E-state index contributed by atoms with van der Waals surface area (Å²) in [6.45, 7) is 0. The van der Waals surface area contributed by atoms with Crippen LogP contribution in [-0.4, -0.2) is 15.8 Å². The number of nitro groups is 1. The average molecular weight is 257 g/mol. The van der Waals surface area contributed by atoms with Crippen molar-refractivity contribution in [1.82, 2.24) is 4.98 Å². The molecule has 2 rings (SSSR count). The molecule has 0 bridgehead atoms. The second-order valence-electron chi connectivity index (χ2n) is 3.86. The summed E-state index contributed by atoms with van der Waals surface area (Å²) in [6.07, 6.45) is 1.73. The van der Waals surface area contributed by atoms with Crippen LogP contribution in [0.25, 0.3) is 0 Å². The SMILES string of the molecule is O=C(Cc1ccc([N+](=O)[O-])cc1)Nc1ccccn1. The number of aromatic nitrogens is 1. The maximum absolute atomic E-state index is 11.7. The van der Waals surface area contributed by atoms with E-state index in [0.29, 0.717) is 11.4 Å². The summed E-state index contributed by atoms with van der Waals surface area (Å²) in [5.41, 5.74) is 0.716. The third-order valence-electron chi connectivity index (χ3n) is 2.44. The normalized spacial score (nSPS) is 9.89. The van der Waals surface area contributed by atoms with Crippen molar-refractivity contribution in [3.05, 3.63) is 64.3 Å². The number of nitro benzene ring substituents is 1. The fourth-order valence-corrected chi connectivity index (χ4v) is 1.54. The summed E-state index contributed by atoms with van der Waals surface area (Å²) < 4.78 is 0. The summed E-state index contributed by atoms with van der Waals surface area (Å²) in [7, 11) is 0. The van der Waals surface area contributed by atoms with Gasteiger partial charge in [-0.2, -0.15) is 0 Å². The second-order valence-corrected chi connectivity index (χ2v) is 3.86. The zero-order valence-electron chi connectivity index (χ0n) is 9.95. The molecule has 0 atom stereocenters. The molecule has 2 aromatic rings. The van der Waals surface area contributed by atoms with E-state index in [9.17, 15) is 14.9 Å². The molecule has 0 saturated heterocycles. The molecular weight excluding hydrogens is 246 g/mol. The highest BCUT2D eigenvalue weighted by molar-refractivity contribution is 5.91. The Morgan fingerprint density at radius 1 is 1.21 bits per heavy atom. The van der Waals surface area contributed by atoms with Crippen LogP contribution in [-0.2, 0) is 11.2 Å². The van der Waals surface area contributed by atoms with Crippen LogP contribution in [0, 0.1) is 10.1 Å². The maximum Gasteiger partial charge on any atom is 0.269 e. The summed E-state index contributed by atoms with van der Waals surface area (Å²) >= 11 is 0. The minimum atomic E-state index is -0.474. The third kappa shape index (κ3) is 3.60. The minimum Gasteiger partial charge on any atom is -0.310 e. The fraction of sp³-hybridized carbons (Fsp3) is 0.0769. The summed E-state index contributed by atoms with van der Waals surface area (Å²) in [4.78, 5) is 25.7. The highest BCUT2D eigenvalue weighted by Gasteiger charge is 2.07. The van der Waals surface area contributed by atoms with Gasteiger partial charge >= 0.3 is 0 Å². The molecule has 0 fully saturated rings. The van der Waals surface area contributed by atoms with E-state index in [2.05, 4.69) is 10.3 Å². The molecule has 0 saturated carbocycles. The summed E-state index contributed by atoms with van der Waals surface area (Å²) in [6, 6.07) is 11.1. The Morgan fingerprint density at radius 3 is 2.53 bits per heavy atom. The van der Waals surface area contributed by atoms with Gasteiger partial charge in [-0.15, -0.1) is 0 Å². The molecule has 1 aromatic heterocycles. The Hall–Kier alpha value is -2.76. The topological polar surface area (TPSA) is 85.1 Å². The van der Waals surface area contributed by atoms with Crippen molar-refractivity contribution in [3.8, 4) is 0 Å². The van der Waals surface area contributed by atoms with Crippen LogP contribution in [0.3, 0.4) is 0 Å². The molecule has 0 aliphatic carbocycles. The van der Waals surface area contributed by atoms with Crippen LogP contribution in [0.2, 0.25) is 0 Å². The lowest BCUT2D eigenvalue weighted by molar-refractivity contribution is -0.384. The number of amides is 1. The van der Waals surface area contributed by atoms with Gasteiger partial charge in [0, 0.05) is 18.3 Å². The average Bonchev–Trinajstić information content (AvgIpc) is 2.40. The van der Waals surface area contributed by atoms with Crippen LogP contribution >= 0.6 is 0 Å². The van der Waals surface area contributed by atoms with Crippen molar-refractivity contribution in [2.75, 3.05) is 5.32 Å². The number of nitrogens with zero attached hydrogens (tertiary/aromatic N) is 2. The quantitative estimate of drug-likeness (QED) is 0.671. The van der Waals surface area contributed by atoms with Crippen molar-refractivity contribution in [2.24, 2.45) is 0 Å². The van der Waals surface area contributed by atoms with Crippen LogP contribution in [0.4, 0.5) is 11.5 Å². The predicted octanol–water partition coefficient (Wildman–Crippen LogP) is 2.17. The van der Waals surface area contributed by atoms with Crippen LogP contribution < -0.4 is 5.32 Å². The van der Waals surface area contributed by atoms with Gasteiger partial charge in [-0.05, 0) is 17.7 Å².